The fraction of sp³-hybridized carbons (Fsp3) is 0.227. The van der Waals surface area contributed by atoms with Crippen molar-refractivity contribution in [1.29, 1.82) is 0 Å². The Kier molecular flexibility index (Phi) is 3.15. The Morgan fingerprint density at radius 2 is 1.82 bits per heavy atom. The minimum Gasteiger partial charge on any atom is -0.491 e. The summed E-state index contributed by atoms with van der Waals surface area (Å²) in [4.78, 5) is 18.1. The zero-order valence-corrected chi connectivity index (χ0v) is 16.0. The molecule has 140 valence electrons. The van der Waals surface area contributed by atoms with Crippen molar-refractivity contribution >= 4 is 22.9 Å². The molecule has 0 saturated heterocycles. The van der Waals surface area contributed by atoms with Crippen LogP contribution < -0.4 is 19.1 Å². The number of nitrogens with zero attached hydrogens (tertiary/aromatic N) is 1. The van der Waals surface area contributed by atoms with Crippen molar-refractivity contribution in [2.75, 3.05) is 18.3 Å². The molecule has 0 aliphatic carbocycles. The van der Waals surface area contributed by atoms with Crippen molar-refractivity contribution in [3.8, 4) is 17.2 Å². The number of carbonyl (C=O) groups excluding carboxylic acids is 1. The number of ether oxygens (including phenoxy) is 3. The van der Waals surface area contributed by atoms with Crippen LogP contribution in [0.3, 0.4) is 0 Å². The summed E-state index contributed by atoms with van der Waals surface area (Å²) in [6, 6.07) is 16.0. The molecule has 0 saturated carbocycles. The zero-order chi connectivity index (χ0) is 18.9. The first kappa shape index (κ1) is 16.0. The molecule has 1 spiro atoms. The molecule has 2 aromatic carbocycles. The van der Waals surface area contributed by atoms with Crippen LogP contribution in [0, 0.1) is 6.92 Å². The van der Waals surface area contributed by atoms with Gasteiger partial charge in [0, 0.05) is 27.1 Å². The Hall–Kier alpha value is -2.99. The van der Waals surface area contributed by atoms with Gasteiger partial charge >= 0.3 is 0 Å². The van der Waals surface area contributed by atoms with Crippen LogP contribution in [0.15, 0.2) is 48.5 Å². The van der Waals surface area contributed by atoms with E-state index < -0.39 is 5.41 Å². The van der Waals surface area contributed by atoms with Crippen LogP contribution in [0.2, 0.25) is 0 Å². The number of anilines is 1. The Balaban J connectivity index is 1.51. The summed E-state index contributed by atoms with van der Waals surface area (Å²) in [5, 5.41) is 0. The Morgan fingerprint density at radius 3 is 2.64 bits per heavy atom. The van der Waals surface area contributed by atoms with Gasteiger partial charge in [-0.1, -0.05) is 18.2 Å². The van der Waals surface area contributed by atoms with E-state index in [0.29, 0.717) is 30.4 Å². The molecule has 3 aromatic rings. The van der Waals surface area contributed by atoms with Crippen molar-refractivity contribution in [1.82, 2.24) is 0 Å². The molecule has 4 heterocycles. The smallest absolute Gasteiger partial charge is 0.246 e. The largest absolute Gasteiger partial charge is 0.491 e. The molecule has 0 bridgehead atoms. The van der Waals surface area contributed by atoms with Crippen molar-refractivity contribution in [3.63, 3.8) is 0 Å². The van der Waals surface area contributed by atoms with Gasteiger partial charge in [0.15, 0.2) is 11.5 Å². The Bertz CT molecular complexity index is 1140. The molecular weight excluding hydrogens is 374 g/mol. The van der Waals surface area contributed by atoms with Crippen LogP contribution in [0.4, 0.5) is 5.69 Å². The van der Waals surface area contributed by atoms with Crippen LogP contribution >= 0.6 is 11.3 Å². The van der Waals surface area contributed by atoms with Gasteiger partial charge in [-0.2, -0.15) is 0 Å². The van der Waals surface area contributed by atoms with E-state index in [9.17, 15) is 4.79 Å². The molecule has 1 aromatic heterocycles. The molecular formula is C22H17NO4S. The highest BCUT2D eigenvalue weighted by molar-refractivity contribution is 7.11. The summed E-state index contributed by atoms with van der Waals surface area (Å²) >= 11 is 1.72. The second-order valence-electron chi connectivity index (χ2n) is 7.32. The highest BCUT2D eigenvalue weighted by atomic mass is 32.1. The molecule has 6 rings (SSSR count). The van der Waals surface area contributed by atoms with Crippen molar-refractivity contribution in [3.05, 3.63) is 69.4 Å². The fourth-order valence-electron chi connectivity index (χ4n) is 4.45. The number of hydrogen-bond donors (Lipinski definition) is 0. The standard InChI is InChI=1S/C22H17NO4S/c1-13-6-7-14(28-13)10-23-17-5-3-2-4-15(17)22(21(23)24)11-25-18-9-20-19(8-16(18)22)26-12-27-20/h2-9H,10-12H2,1H3. The van der Waals surface area contributed by atoms with E-state index in [1.165, 1.54) is 9.75 Å². The topological polar surface area (TPSA) is 48.0 Å². The third kappa shape index (κ3) is 1.98. The van der Waals surface area contributed by atoms with Gasteiger partial charge in [-0.3, -0.25) is 4.79 Å². The molecule has 6 heteroatoms. The number of thiophene rings is 1. The lowest BCUT2D eigenvalue weighted by atomic mass is 9.77. The molecule has 3 aliphatic rings. The number of hydrogen-bond acceptors (Lipinski definition) is 5. The maximum absolute atomic E-state index is 13.8. The molecule has 0 radical (unpaired) electrons. The summed E-state index contributed by atoms with van der Waals surface area (Å²) in [6.45, 7) is 3.13. The molecule has 0 N–H and O–H groups in total. The number of para-hydroxylation sites is 1. The lowest BCUT2D eigenvalue weighted by Gasteiger charge is -2.23. The average molecular weight is 391 g/mol. The lowest BCUT2D eigenvalue weighted by molar-refractivity contribution is -0.122. The van der Waals surface area contributed by atoms with Gasteiger partial charge in [-0.25, -0.2) is 0 Å². The van der Waals surface area contributed by atoms with Crippen molar-refractivity contribution in [2.45, 2.75) is 18.9 Å². The van der Waals surface area contributed by atoms with E-state index >= 15 is 0 Å². The summed E-state index contributed by atoms with van der Waals surface area (Å²) in [5.74, 6) is 2.08. The summed E-state index contributed by atoms with van der Waals surface area (Å²) in [5.41, 5.74) is 1.97. The SMILES string of the molecule is Cc1ccc(CN2C(=O)C3(COc4cc5c(cc43)OCO5)c3ccccc32)s1. The van der Waals surface area contributed by atoms with E-state index in [2.05, 4.69) is 19.1 Å². The Labute approximate surface area is 166 Å². The Morgan fingerprint density at radius 1 is 1.00 bits per heavy atom. The summed E-state index contributed by atoms with van der Waals surface area (Å²) in [7, 11) is 0. The highest BCUT2D eigenvalue weighted by Gasteiger charge is 2.57. The van der Waals surface area contributed by atoms with Gasteiger partial charge in [0.1, 0.15) is 17.8 Å². The van der Waals surface area contributed by atoms with Gasteiger partial charge in [0.25, 0.3) is 0 Å². The number of rotatable bonds is 2. The second kappa shape index (κ2) is 5.52. The summed E-state index contributed by atoms with van der Waals surface area (Å²) < 4.78 is 17.1. The van der Waals surface area contributed by atoms with Crippen molar-refractivity contribution < 1.29 is 19.0 Å². The number of amides is 1. The number of carbonyl (C=O) groups is 1. The predicted molar refractivity (Wildman–Crippen MR) is 106 cm³/mol. The molecule has 28 heavy (non-hydrogen) atoms. The van der Waals surface area contributed by atoms with Gasteiger partial charge < -0.3 is 19.1 Å². The van der Waals surface area contributed by atoms with E-state index in [4.69, 9.17) is 14.2 Å². The van der Waals surface area contributed by atoms with Gasteiger partial charge in [-0.05, 0) is 36.8 Å². The molecule has 3 aliphatic heterocycles. The molecule has 0 fully saturated rings. The lowest BCUT2D eigenvalue weighted by Crippen LogP contribution is -2.42. The predicted octanol–water partition coefficient (Wildman–Crippen LogP) is 4.01. The normalized spacial score (nSPS) is 21.2. The molecule has 1 amide bonds. The zero-order valence-electron chi connectivity index (χ0n) is 15.2. The first-order valence-electron chi connectivity index (χ1n) is 9.20. The minimum absolute atomic E-state index is 0.0531. The number of aryl methyl sites for hydroxylation is 1. The molecule has 5 nitrogen and oxygen atoms in total. The second-order valence-corrected chi connectivity index (χ2v) is 8.69. The first-order valence-corrected chi connectivity index (χ1v) is 10.0. The number of fused-ring (bicyclic) bond motifs is 5. The van der Waals surface area contributed by atoms with Gasteiger partial charge in [-0.15, -0.1) is 11.3 Å². The fourth-order valence-corrected chi connectivity index (χ4v) is 5.33. The number of benzene rings is 2. The molecule has 1 atom stereocenters. The van der Waals surface area contributed by atoms with E-state index in [-0.39, 0.29) is 12.7 Å². The highest BCUT2D eigenvalue weighted by Crippen LogP contribution is 2.55. The van der Waals surface area contributed by atoms with Crippen LogP contribution in [0.5, 0.6) is 17.2 Å². The van der Waals surface area contributed by atoms with E-state index in [1.807, 2.05) is 41.3 Å². The van der Waals surface area contributed by atoms with Crippen LogP contribution in [-0.2, 0) is 16.8 Å². The first-order chi connectivity index (χ1) is 13.7. The maximum Gasteiger partial charge on any atom is 0.246 e. The van der Waals surface area contributed by atoms with Gasteiger partial charge in [0.05, 0.1) is 6.54 Å². The van der Waals surface area contributed by atoms with Crippen LogP contribution in [0.1, 0.15) is 20.9 Å². The average Bonchev–Trinajstić information content (AvgIpc) is 3.45. The van der Waals surface area contributed by atoms with Crippen LogP contribution in [0.25, 0.3) is 0 Å². The molecule has 1 unspecified atom stereocenters. The van der Waals surface area contributed by atoms with Gasteiger partial charge in [0.2, 0.25) is 12.7 Å². The van der Waals surface area contributed by atoms with E-state index in [1.54, 1.807) is 11.3 Å². The monoisotopic (exact) mass is 391 g/mol. The quantitative estimate of drug-likeness (QED) is 0.662. The third-order valence-corrected chi connectivity index (χ3v) is 6.74. The minimum atomic E-state index is -0.834. The van der Waals surface area contributed by atoms with Crippen molar-refractivity contribution in [2.24, 2.45) is 0 Å². The van der Waals surface area contributed by atoms with Crippen LogP contribution in [-0.4, -0.2) is 19.3 Å². The third-order valence-electron chi connectivity index (χ3n) is 5.75. The van der Waals surface area contributed by atoms with E-state index in [0.717, 1.165) is 16.8 Å². The summed E-state index contributed by atoms with van der Waals surface area (Å²) in [6.07, 6.45) is 0. The maximum atomic E-state index is 13.8.